The Hall–Kier alpha value is -2.83. The van der Waals surface area contributed by atoms with Crippen LogP contribution in [0.1, 0.15) is 51.0 Å². The number of carbonyl (C=O) groups is 2. The van der Waals surface area contributed by atoms with Crippen LogP contribution in [0, 0.1) is 5.92 Å². The molecule has 0 bridgehead atoms. The lowest BCUT2D eigenvalue weighted by atomic mass is 10.1. The van der Waals surface area contributed by atoms with Crippen molar-refractivity contribution in [3.8, 4) is 17.0 Å². The average Bonchev–Trinajstić information content (AvgIpc) is 3.26. The molecule has 7 heteroatoms. The number of nitrogens with zero attached hydrogens (tertiary/aromatic N) is 2. The first kappa shape index (κ1) is 19.5. The van der Waals surface area contributed by atoms with Crippen LogP contribution in [0.25, 0.3) is 11.3 Å². The standard InChI is InChI=1S/C22H28N4O3/c1-29-18-10-6-7-15(11-18)19-13-20(24-22(28)16-12-21(27)23-14-16)25-26(19)17-8-4-2-3-5-9-17/h6-7,10-11,13,16-17H,2-5,8-9,12,14H2,1H3,(H,23,27)(H,24,25,28)/t16-/m1/s1. The maximum Gasteiger partial charge on any atom is 0.230 e. The second-order valence-electron chi connectivity index (χ2n) is 7.93. The molecule has 2 aliphatic rings. The van der Waals surface area contributed by atoms with Crippen molar-refractivity contribution in [3.63, 3.8) is 0 Å². The molecular weight excluding hydrogens is 368 g/mol. The van der Waals surface area contributed by atoms with Crippen LogP contribution in [0.2, 0.25) is 0 Å². The topological polar surface area (TPSA) is 85.2 Å². The molecule has 2 heterocycles. The normalized spacial score (nSPS) is 20.2. The molecule has 1 aromatic carbocycles. The number of methoxy groups -OCH3 is 1. The van der Waals surface area contributed by atoms with Gasteiger partial charge in [-0.2, -0.15) is 5.10 Å². The lowest BCUT2D eigenvalue weighted by molar-refractivity contribution is -0.123. The molecule has 2 amide bonds. The van der Waals surface area contributed by atoms with Crippen molar-refractivity contribution < 1.29 is 14.3 Å². The van der Waals surface area contributed by atoms with Gasteiger partial charge in [0.1, 0.15) is 5.75 Å². The Morgan fingerprint density at radius 3 is 2.69 bits per heavy atom. The molecule has 2 fully saturated rings. The summed E-state index contributed by atoms with van der Waals surface area (Å²) in [6, 6.07) is 10.2. The van der Waals surface area contributed by atoms with Gasteiger partial charge in [-0.3, -0.25) is 14.3 Å². The zero-order valence-electron chi connectivity index (χ0n) is 16.8. The Bertz CT molecular complexity index is 884. The highest BCUT2D eigenvalue weighted by Gasteiger charge is 2.29. The number of hydrogen-bond acceptors (Lipinski definition) is 4. The monoisotopic (exact) mass is 396 g/mol. The van der Waals surface area contributed by atoms with Gasteiger partial charge in [-0.05, 0) is 25.0 Å². The average molecular weight is 396 g/mol. The second kappa shape index (κ2) is 8.68. The SMILES string of the molecule is COc1cccc(-c2cc(NC(=O)[C@H]3CNC(=O)C3)nn2C2CCCCCC2)c1. The molecule has 154 valence electrons. The van der Waals surface area contributed by atoms with E-state index in [-0.39, 0.29) is 24.2 Å². The number of hydrogen-bond donors (Lipinski definition) is 2. The molecule has 4 rings (SSSR count). The molecule has 2 N–H and O–H groups in total. The van der Waals surface area contributed by atoms with E-state index in [0.29, 0.717) is 18.4 Å². The molecule has 0 unspecified atom stereocenters. The fourth-order valence-corrected chi connectivity index (χ4v) is 4.25. The van der Waals surface area contributed by atoms with Crippen molar-refractivity contribution in [1.29, 1.82) is 0 Å². The summed E-state index contributed by atoms with van der Waals surface area (Å²) in [4.78, 5) is 24.0. The van der Waals surface area contributed by atoms with E-state index >= 15 is 0 Å². The van der Waals surface area contributed by atoms with E-state index in [2.05, 4.69) is 15.3 Å². The summed E-state index contributed by atoms with van der Waals surface area (Å²) < 4.78 is 7.47. The van der Waals surface area contributed by atoms with E-state index in [1.54, 1.807) is 7.11 Å². The van der Waals surface area contributed by atoms with Gasteiger partial charge in [0, 0.05) is 24.6 Å². The number of aromatic nitrogens is 2. The Morgan fingerprint density at radius 1 is 1.21 bits per heavy atom. The molecule has 7 nitrogen and oxygen atoms in total. The van der Waals surface area contributed by atoms with Gasteiger partial charge in [0.05, 0.1) is 24.8 Å². The van der Waals surface area contributed by atoms with Crippen molar-refractivity contribution in [2.75, 3.05) is 19.0 Å². The number of anilines is 1. The third-order valence-corrected chi connectivity index (χ3v) is 5.87. The van der Waals surface area contributed by atoms with Crippen LogP contribution >= 0.6 is 0 Å². The molecular formula is C22H28N4O3. The zero-order chi connectivity index (χ0) is 20.2. The zero-order valence-corrected chi connectivity index (χ0v) is 16.8. The summed E-state index contributed by atoms with van der Waals surface area (Å²) in [6.45, 7) is 0.386. The summed E-state index contributed by atoms with van der Waals surface area (Å²) in [7, 11) is 1.66. The number of rotatable bonds is 5. The van der Waals surface area contributed by atoms with Crippen LogP contribution in [0.4, 0.5) is 5.82 Å². The minimum atomic E-state index is -0.342. The van der Waals surface area contributed by atoms with E-state index in [4.69, 9.17) is 9.84 Å². The van der Waals surface area contributed by atoms with Crippen molar-refractivity contribution >= 4 is 17.6 Å². The summed E-state index contributed by atoms with van der Waals surface area (Å²) in [5.74, 6) is 0.747. The lowest BCUT2D eigenvalue weighted by Gasteiger charge is -2.18. The molecule has 1 aliphatic carbocycles. The first-order valence-corrected chi connectivity index (χ1v) is 10.5. The van der Waals surface area contributed by atoms with E-state index in [9.17, 15) is 9.59 Å². The van der Waals surface area contributed by atoms with E-state index < -0.39 is 0 Å². The quantitative estimate of drug-likeness (QED) is 0.757. The third-order valence-electron chi connectivity index (χ3n) is 5.87. The maximum absolute atomic E-state index is 12.6. The maximum atomic E-state index is 12.6. The Morgan fingerprint density at radius 2 is 2.00 bits per heavy atom. The highest BCUT2D eigenvalue weighted by molar-refractivity contribution is 5.96. The fraction of sp³-hybridized carbons (Fsp3) is 0.500. The van der Waals surface area contributed by atoms with E-state index in [1.165, 1.54) is 25.7 Å². The Kier molecular flexibility index (Phi) is 5.83. The summed E-state index contributed by atoms with van der Waals surface area (Å²) >= 11 is 0. The highest BCUT2D eigenvalue weighted by atomic mass is 16.5. The molecule has 1 aromatic heterocycles. The Labute approximate surface area is 170 Å². The molecule has 29 heavy (non-hydrogen) atoms. The highest BCUT2D eigenvalue weighted by Crippen LogP contribution is 2.34. The minimum absolute atomic E-state index is 0.0776. The third kappa shape index (κ3) is 4.44. The summed E-state index contributed by atoms with van der Waals surface area (Å²) in [5, 5.41) is 10.4. The van der Waals surface area contributed by atoms with Crippen molar-refractivity contribution in [3.05, 3.63) is 30.3 Å². The largest absolute Gasteiger partial charge is 0.497 e. The van der Waals surface area contributed by atoms with Crippen molar-refractivity contribution in [1.82, 2.24) is 15.1 Å². The molecule has 1 aliphatic heterocycles. The van der Waals surface area contributed by atoms with E-state index in [0.717, 1.165) is 29.8 Å². The molecule has 1 atom stereocenters. The van der Waals surface area contributed by atoms with Crippen LogP contribution in [0.5, 0.6) is 5.75 Å². The predicted octanol–water partition coefficient (Wildman–Crippen LogP) is 3.53. The van der Waals surface area contributed by atoms with Gasteiger partial charge in [0.25, 0.3) is 0 Å². The van der Waals surface area contributed by atoms with Crippen LogP contribution in [0.15, 0.2) is 30.3 Å². The van der Waals surface area contributed by atoms with Gasteiger partial charge in [0.2, 0.25) is 11.8 Å². The van der Waals surface area contributed by atoms with E-state index in [1.807, 2.05) is 30.3 Å². The number of ether oxygens (including phenoxy) is 1. The van der Waals surface area contributed by atoms with Crippen LogP contribution in [-0.2, 0) is 9.59 Å². The smallest absolute Gasteiger partial charge is 0.230 e. The molecule has 0 spiro atoms. The minimum Gasteiger partial charge on any atom is -0.497 e. The summed E-state index contributed by atoms with van der Waals surface area (Å²) in [6.07, 6.45) is 7.33. The van der Waals surface area contributed by atoms with Crippen molar-refractivity contribution in [2.45, 2.75) is 51.0 Å². The number of carbonyl (C=O) groups excluding carboxylic acids is 2. The van der Waals surface area contributed by atoms with Gasteiger partial charge >= 0.3 is 0 Å². The molecule has 1 saturated carbocycles. The fourth-order valence-electron chi connectivity index (χ4n) is 4.25. The van der Waals surface area contributed by atoms with Gasteiger partial charge in [-0.1, -0.05) is 37.8 Å². The first-order chi connectivity index (χ1) is 14.1. The Balaban J connectivity index is 1.64. The molecule has 1 saturated heterocycles. The van der Waals surface area contributed by atoms with Crippen LogP contribution < -0.4 is 15.4 Å². The number of amides is 2. The lowest BCUT2D eigenvalue weighted by Crippen LogP contribution is -2.25. The number of nitrogens with one attached hydrogen (secondary N) is 2. The second-order valence-corrected chi connectivity index (χ2v) is 7.93. The van der Waals surface area contributed by atoms with Gasteiger partial charge in [-0.25, -0.2) is 0 Å². The summed E-state index contributed by atoms with van der Waals surface area (Å²) in [5.41, 5.74) is 1.99. The van der Waals surface area contributed by atoms with Crippen LogP contribution in [-0.4, -0.2) is 35.2 Å². The number of benzene rings is 1. The van der Waals surface area contributed by atoms with Gasteiger partial charge in [-0.15, -0.1) is 0 Å². The molecule has 2 aromatic rings. The first-order valence-electron chi connectivity index (χ1n) is 10.5. The van der Waals surface area contributed by atoms with Crippen LogP contribution in [0.3, 0.4) is 0 Å². The molecule has 0 radical (unpaired) electrons. The van der Waals surface area contributed by atoms with Gasteiger partial charge < -0.3 is 15.4 Å². The van der Waals surface area contributed by atoms with Crippen molar-refractivity contribution in [2.24, 2.45) is 5.92 Å². The van der Waals surface area contributed by atoms with Gasteiger partial charge in [0.15, 0.2) is 5.82 Å². The predicted molar refractivity (Wildman–Crippen MR) is 111 cm³/mol.